The number of carbonyl (C=O) groups excluding carboxylic acids is 1. The Morgan fingerprint density at radius 1 is 1.14 bits per heavy atom. The molecule has 0 aromatic heterocycles. The molecule has 0 fully saturated rings. The smallest absolute Gasteiger partial charge is 0.231 e. The van der Waals surface area contributed by atoms with Crippen LogP contribution in [0.1, 0.15) is 29.5 Å². The van der Waals surface area contributed by atoms with E-state index in [9.17, 15) is 4.79 Å². The molecule has 3 rings (SSSR count). The van der Waals surface area contributed by atoms with Crippen LogP contribution in [-0.2, 0) is 17.8 Å². The zero-order chi connectivity index (χ0) is 14.7. The van der Waals surface area contributed by atoms with Crippen LogP contribution in [0.5, 0.6) is 0 Å². The first kappa shape index (κ1) is 13.8. The molecule has 0 aliphatic carbocycles. The highest BCUT2D eigenvalue weighted by Gasteiger charge is 2.18. The first-order chi connectivity index (χ1) is 10.3. The fourth-order valence-corrected chi connectivity index (χ4v) is 2.77. The molecule has 1 heterocycles. The minimum atomic E-state index is -0.154. The molecule has 1 aliphatic rings. The average molecular weight is 280 g/mol. The van der Waals surface area contributed by atoms with E-state index in [2.05, 4.69) is 16.7 Å². The number of hydrogen-bond donors (Lipinski definition) is 2. The molecule has 0 saturated heterocycles. The number of amides is 1. The van der Waals surface area contributed by atoms with Crippen molar-refractivity contribution in [2.75, 3.05) is 11.9 Å². The Hall–Kier alpha value is -2.13. The van der Waals surface area contributed by atoms with Crippen molar-refractivity contribution in [1.29, 1.82) is 0 Å². The largest absolute Gasteiger partial charge is 0.325 e. The van der Waals surface area contributed by atoms with Crippen LogP contribution in [0.2, 0.25) is 0 Å². The number of nitrogens with one attached hydrogen (secondary N) is 2. The summed E-state index contributed by atoms with van der Waals surface area (Å²) in [5.41, 5.74) is 4.53. The standard InChI is InChI=1S/C18H20N2O/c1-13(14-6-3-2-4-7-14)18(21)20-17-9-5-8-15-10-11-19-12-16(15)17/h2-9,13,19H,10-12H2,1H3,(H,20,21). The molecule has 108 valence electrons. The van der Waals surface area contributed by atoms with Crippen molar-refractivity contribution in [2.24, 2.45) is 0 Å². The third kappa shape index (κ3) is 2.98. The molecule has 2 aromatic rings. The Bertz CT molecular complexity index is 637. The number of rotatable bonds is 3. The topological polar surface area (TPSA) is 41.1 Å². The maximum Gasteiger partial charge on any atom is 0.231 e. The van der Waals surface area contributed by atoms with Gasteiger partial charge in [-0.3, -0.25) is 4.79 Å². The van der Waals surface area contributed by atoms with Crippen LogP contribution in [-0.4, -0.2) is 12.5 Å². The lowest BCUT2D eigenvalue weighted by Gasteiger charge is -2.21. The first-order valence-corrected chi connectivity index (χ1v) is 7.43. The minimum absolute atomic E-state index is 0.0418. The van der Waals surface area contributed by atoms with Gasteiger partial charge < -0.3 is 10.6 Å². The quantitative estimate of drug-likeness (QED) is 0.907. The van der Waals surface area contributed by atoms with Crippen LogP contribution >= 0.6 is 0 Å². The van der Waals surface area contributed by atoms with Gasteiger partial charge in [-0.1, -0.05) is 42.5 Å². The van der Waals surface area contributed by atoms with Gasteiger partial charge >= 0.3 is 0 Å². The van der Waals surface area contributed by atoms with Crippen molar-refractivity contribution in [3.8, 4) is 0 Å². The van der Waals surface area contributed by atoms with Crippen molar-refractivity contribution < 1.29 is 4.79 Å². The van der Waals surface area contributed by atoms with Gasteiger partial charge in [-0.15, -0.1) is 0 Å². The predicted octanol–water partition coefficient (Wildman–Crippen LogP) is 3.07. The van der Waals surface area contributed by atoms with Gasteiger partial charge in [-0.25, -0.2) is 0 Å². The van der Waals surface area contributed by atoms with E-state index in [-0.39, 0.29) is 11.8 Å². The highest BCUT2D eigenvalue weighted by Crippen LogP contribution is 2.24. The summed E-state index contributed by atoms with van der Waals surface area (Å²) in [6.45, 7) is 3.77. The summed E-state index contributed by atoms with van der Waals surface area (Å²) in [4.78, 5) is 12.5. The molecule has 2 aromatic carbocycles. The molecular weight excluding hydrogens is 260 g/mol. The van der Waals surface area contributed by atoms with E-state index in [1.165, 1.54) is 11.1 Å². The molecule has 0 spiro atoms. The van der Waals surface area contributed by atoms with Crippen LogP contribution in [0, 0.1) is 0 Å². The highest BCUT2D eigenvalue weighted by molar-refractivity contribution is 5.96. The lowest BCUT2D eigenvalue weighted by molar-refractivity contribution is -0.117. The van der Waals surface area contributed by atoms with Crippen molar-refractivity contribution >= 4 is 11.6 Å². The summed E-state index contributed by atoms with van der Waals surface area (Å²) < 4.78 is 0. The summed E-state index contributed by atoms with van der Waals surface area (Å²) in [6, 6.07) is 16.0. The van der Waals surface area contributed by atoms with Crippen molar-refractivity contribution in [1.82, 2.24) is 5.32 Å². The van der Waals surface area contributed by atoms with E-state index >= 15 is 0 Å². The number of fused-ring (bicyclic) bond motifs is 1. The summed E-state index contributed by atoms with van der Waals surface area (Å²) in [6.07, 6.45) is 1.02. The number of hydrogen-bond acceptors (Lipinski definition) is 2. The Morgan fingerprint density at radius 2 is 1.95 bits per heavy atom. The molecule has 0 radical (unpaired) electrons. The molecule has 1 amide bonds. The molecule has 0 bridgehead atoms. The molecule has 1 unspecified atom stereocenters. The minimum Gasteiger partial charge on any atom is -0.325 e. The highest BCUT2D eigenvalue weighted by atomic mass is 16.1. The summed E-state index contributed by atoms with van der Waals surface area (Å²) in [7, 11) is 0. The Kier molecular flexibility index (Phi) is 4.02. The Balaban J connectivity index is 1.79. The third-order valence-corrected chi connectivity index (χ3v) is 4.10. The normalized spacial score (nSPS) is 15.1. The second-order valence-electron chi connectivity index (χ2n) is 5.49. The van der Waals surface area contributed by atoms with Crippen LogP contribution in [0.3, 0.4) is 0 Å². The maximum absolute atomic E-state index is 12.5. The van der Waals surface area contributed by atoms with Gasteiger partial charge in [0.25, 0.3) is 0 Å². The van der Waals surface area contributed by atoms with Crippen molar-refractivity contribution in [2.45, 2.75) is 25.8 Å². The van der Waals surface area contributed by atoms with E-state index in [0.29, 0.717) is 0 Å². The van der Waals surface area contributed by atoms with Crippen molar-refractivity contribution in [3.63, 3.8) is 0 Å². The van der Waals surface area contributed by atoms with E-state index in [1.807, 2.05) is 49.4 Å². The first-order valence-electron chi connectivity index (χ1n) is 7.43. The maximum atomic E-state index is 12.5. The molecular formula is C18H20N2O. The fraction of sp³-hybridized carbons (Fsp3) is 0.278. The molecule has 2 N–H and O–H groups in total. The van der Waals surface area contributed by atoms with E-state index in [0.717, 1.165) is 30.8 Å². The van der Waals surface area contributed by atoms with Gasteiger partial charge in [0.2, 0.25) is 5.91 Å². The zero-order valence-corrected chi connectivity index (χ0v) is 12.2. The number of carbonyl (C=O) groups is 1. The van der Waals surface area contributed by atoms with Crippen LogP contribution < -0.4 is 10.6 Å². The van der Waals surface area contributed by atoms with E-state index < -0.39 is 0 Å². The second kappa shape index (κ2) is 6.10. The van der Waals surface area contributed by atoms with E-state index in [4.69, 9.17) is 0 Å². The lowest BCUT2D eigenvalue weighted by Crippen LogP contribution is -2.26. The second-order valence-corrected chi connectivity index (χ2v) is 5.49. The predicted molar refractivity (Wildman–Crippen MR) is 85.3 cm³/mol. The Labute approximate surface area is 125 Å². The van der Waals surface area contributed by atoms with Crippen LogP contribution in [0.15, 0.2) is 48.5 Å². The Morgan fingerprint density at radius 3 is 2.76 bits per heavy atom. The van der Waals surface area contributed by atoms with Crippen LogP contribution in [0.25, 0.3) is 0 Å². The van der Waals surface area contributed by atoms with Crippen molar-refractivity contribution in [3.05, 3.63) is 65.2 Å². The monoisotopic (exact) mass is 280 g/mol. The molecule has 1 atom stereocenters. The fourth-order valence-electron chi connectivity index (χ4n) is 2.77. The number of benzene rings is 2. The van der Waals surface area contributed by atoms with Crippen LogP contribution in [0.4, 0.5) is 5.69 Å². The molecule has 3 heteroatoms. The van der Waals surface area contributed by atoms with E-state index in [1.54, 1.807) is 0 Å². The molecule has 0 saturated carbocycles. The molecule has 3 nitrogen and oxygen atoms in total. The van der Waals surface area contributed by atoms with Gasteiger partial charge in [0, 0.05) is 12.2 Å². The summed E-state index contributed by atoms with van der Waals surface area (Å²) in [5, 5.41) is 6.45. The summed E-state index contributed by atoms with van der Waals surface area (Å²) >= 11 is 0. The third-order valence-electron chi connectivity index (χ3n) is 4.10. The van der Waals surface area contributed by atoms with Gasteiger partial charge in [-0.2, -0.15) is 0 Å². The summed E-state index contributed by atoms with van der Waals surface area (Å²) in [5.74, 6) is -0.112. The lowest BCUT2D eigenvalue weighted by atomic mass is 9.97. The number of anilines is 1. The van der Waals surface area contributed by atoms with Gasteiger partial charge in [0.1, 0.15) is 0 Å². The SMILES string of the molecule is CC(C(=O)Nc1cccc2c1CNCC2)c1ccccc1. The van der Waals surface area contributed by atoms with Gasteiger partial charge in [0.05, 0.1) is 5.92 Å². The molecule has 1 aliphatic heterocycles. The van der Waals surface area contributed by atoms with Gasteiger partial charge in [0.15, 0.2) is 0 Å². The zero-order valence-electron chi connectivity index (χ0n) is 12.2. The average Bonchev–Trinajstić information content (AvgIpc) is 2.55. The molecule has 21 heavy (non-hydrogen) atoms. The van der Waals surface area contributed by atoms with Gasteiger partial charge in [-0.05, 0) is 42.6 Å².